The Kier molecular flexibility index (Phi) is 14.8. The molecule has 0 radical (unpaired) electrons. The van der Waals surface area contributed by atoms with Gasteiger partial charge in [-0.05, 0) is 162 Å². The predicted octanol–water partition coefficient (Wildman–Crippen LogP) is 26.2. The fourth-order valence-corrected chi connectivity index (χ4v) is 23.5. The fourth-order valence-electron chi connectivity index (χ4n) is 19.8. The van der Waals surface area contributed by atoms with Crippen LogP contribution in [-0.4, -0.2) is 42.4 Å². The van der Waals surface area contributed by atoms with Crippen LogP contribution in [0.25, 0.3) is 127 Å². The molecule has 1 spiro atoms. The predicted molar refractivity (Wildman–Crippen MR) is 478 cm³/mol. The molecular formula is C104H69N9S3. The topological polar surface area (TPSA) is 68.2 Å². The number of nitrogens with zero attached hydrogens (tertiary/aromatic N) is 9. The van der Waals surface area contributed by atoms with Gasteiger partial charge in [-0.2, -0.15) is 0 Å². The van der Waals surface area contributed by atoms with Crippen molar-refractivity contribution in [2.24, 2.45) is 0 Å². The summed E-state index contributed by atoms with van der Waals surface area (Å²) in [5.74, 6) is 0. The molecule has 22 aromatic rings. The van der Waals surface area contributed by atoms with E-state index in [9.17, 15) is 0 Å². The van der Waals surface area contributed by atoms with Crippen LogP contribution in [0.2, 0.25) is 0 Å². The van der Waals surface area contributed by atoms with Crippen molar-refractivity contribution in [1.82, 2.24) is 42.4 Å². The molecule has 9 nitrogen and oxygen atoms in total. The molecule has 1 aliphatic carbocycles. The van der Waals surface area contributed by atoms with E-state index in [0.29, 0.717) is 0 Å². The van der Waals surface area contributed by atoms with E-state index in [1.54, 1.807) is 35.3 Å². The first-order valence-corrected chi connectivity index (χ1v) is 41.9. The summed E-state index contributed by atoms with van der Waals surface area (Å²) in [5.41, 5.74) is 27.6. The highest BCUT2D eigenvalue weighted by atomic mass is 32.2. The summed E-state index contributed by atoms with van der Waals surface area (Å²) in [4.78, 5) is 19.1. The Morgan fingerprint density at radius 2 is 0.491 bits per heavy atom. The molecule has 0 atom stereocenters. The van der Waals surface area contributed by atoms with Crippen molar-refractivity contribution in [3.63, 3.8) is 0 Å². The number of benzene rings is 16. The fraction of sp³-hybridized carbons (Fsp3) is 0.0481. The van der Waals surface area contributed by atoms with Gasteiger partial charge < -0.3 is 18.3 Å². The van der Waals surface area contributed by atoms with E-state index in [2.05, 4.69) is 423 Å². The lowest BCUT2D eigenvalue weighted by Gasteiger charge is -2.42. The van der Waals surface area contributed by atoms with Crippen molar-refractivity contribution >= 4 is 134 Å². The van der Waals surface area contributed by atoms with E-state index in [4.69, 9.17) is 15.0 Å². The van der Waals surface area contributed by atoms with Gasteiger partial charge in [0.1, 0.15) is 11.1 Å². The summed E-state index contributed by atoms with van der Waals surface area (Å²) >= 11 is 5.31. The number of para-hydroxylation sites is 12. The summed E-state index contributed by atoms with van der Waals surface area (Å²) in [5, 5.41) is 10.7. The number of fused-ring (bicyclic) bond motifs is 28. The van der Waals surface area contributed by atoms with Crippen molar-refractivity contribution in [2.45, 2.75) is 60.6 Å². The molecule has 3 aliphatic heterocycles. The van der Waals surface area contributed by atoms with Gasteiger partial charge in [0.15, 0.2) is 15.5 Å². The third-order valence-electron chi connectivity index (χ3n) is 24.6. The van der Waals surface area contributed by atoms with Gasteiger partial charge >= 0.3 is 0 Å². The van der Waals surface area contributed by atoms with Gasteiger partial charge in [-0.25, -0.2) is 15.0 Å². The van der Waals surface area contributed by atoms with E-state index in [1.807, 2.05) is 0 Å². The zero-order valence-electron chi connectivity index (χ0n) is 63.1. The Labute approximate surface area is 681 Å². The molecule has 26 rings (SSSR count). The smallest absolute Gasteiger partial charge is 0.175 e. The first kappa shape index (κ1) is 66.9. The average molecular weight is 1540 g/mol. The molecule has 9 heterocycles. The minimum Gasteiger partial charge on any atom is -0.309 e. The van der Waals surface area contributed by atoms with E-state index in [1.165, 1.54) is 141 Å². The SMILES string of the molecule is CC1(C)c2ccc(-n3c4ccccc4c4ccccc43)cc2Sc2nc3ccccc3n21.c1ccc(C2(c3ccccc3)c3ccc(-n4c5ccccc5c5ccccc54)cc3Sc3nc4ccccc4n32)cc1.c1ccc2c(c1)-c1ccccc1C21c2ccc(-n3c4ccccc4c4ccccc43)cc2Sc2nc3ccccc3n21. The van der Waals surface area contributed by atoms with Gasteiger partial charge in [0.05, 0.1) is 71.7 Å². The molecule has 0 bridgehead atoms. The van der Waals surface area contributed by atoms with E-state index in [-0.39, 0.29) is 5.54 Å². The Bertz CT molecular complexity index is 7340. The lowest BCUT2D eigenvalue weighted by molar-refractivity contribution is 0.402. The third-order valence-corrected chi connectivity index (χ3v) is 27.6. The summed E-state index contributed by atoms with van der Waals surface area (Å²) in [6, 6.07) is 138. The van der Waals surface area contributed by atoms with Gasteiger partial charge in [0.2, 0.25) is 0 Å². The summed E-state index contributed by atoms with van der Waals surface area (Å²) in [6.07, 6.45) is 0. The van der Waals surface area contributed by atoms with Crippen LogP contribution in [0.5, 0.6) is 0 Å². The monoisotopic (exact) mass is 1540 g/mol. The summed E-state index contributed by atoms with van der Waals surface area (Å²) in [7, 11) is 0. The Hall–Kier alpha value is -13.6. The molecule has 12 heteroatoms. The molecule has 0 fully saturated rings. The molecule has 0 amide bonds. The molecule has 16 aromatic carbocycles. The zero-order chi connectivity index (χ0) is 76.5. The second-order valence-electron chi connectivity index (χ2n) is 30.9. The molecule has 548 valence electrons. The number of hydrogen-bond donors (Lipinski definition) is 0. The first-order chi connectivity index (χ1) is 57.3. The van der Waals surface area contributed by atoms with Gasteiger partial charge in [0.25, 0.3) is 0 Å². The summed E-state index contributed by atoms with van der Waals surface area (Å²) < 4.78 is 14.5. The molecule has 6 aromatic heterocycles. The molecule has 0 saturated carbocycles. The number of imidazole rings is 3. The van der Waals surface area contributed by atoms with E-state index < -0.39 is 11.1 Å². The molecule has 0 saturated heterocycles. The van der Waals surface area contributed by atoms with Gasteiger partial charge in [0, 0.05) is 75.2 Å². The molecule has 4 aliphatic rings. The minimum atomic E-state index is -0.589. The largest absolute Gasteiger partial charge is 0.309 e. The highest BCUT2D eigenvalue weighted by molar-refractivity contribution is 7.99. The minimum absolute atomic E-state index is 0.175. The Morgan fingerprint density at radius 1 is 0.224 bits per heavy atom. The number of rotatable bonds is 5. The van der Waals surface area contributed by atoms with Crippen molar-refractivity contribution < 1.29 is 0 Å². The van der Waals surface area contributed by atoms with Crippen LogP contribution in [-0.2, 0) is 16.6 Å². The zero-order valence-corrected chi connectivity index (χ0v) is 65.6. The Morgan fingerprint density at radius 3 is 0.862 bits per heavy atom. The maximum Gasteiger partial charge on any atom is 0.175 e. The van der Waals surface area contributed by atoms with Crippen LogP contribution >= 0.6 is 35.3 Å². The maximum absolute atomic E-state index is 5.23. The highest BCUT2D eigenvalue weighted by Crippen LogP contribution is 2.61. The van der Waals surface area contributed by atoms with Gasteiger partial charge in [-0.15, -0.1) is 0 Å². The summed E-state index contributed by atoms with van der Waals surface area (Å²) in [6.45, 7) is 4.59. The third kappa shape index (κ3) is 9.54. The standard InChI is InChI=1S/C38H23N3S.C38H25N3S.C28H21N3S/c1-5-15-29-25(11-1)26-12-2-6-16-30(26)38(29)31-22-21-24(23-36(31)42-37-39-32-17-7-10-20-35(32)41(37)38)40-33-18-8-3-13-27(33)28-14-4-9-19-34(28)40;1-3-13-26(14-4-1)38(27-15-5-2-6-16-27)31-24-23-28(25-36(31)42-37-39-32-19-9-12-22-35(32)41(37)38)40-33-20-10-7-17-29(33)30-18-8-11-21-34(30)40;1-28(2)21-16-15-18(17-26(21)32-27-29-22-11-5-8-14-25(22)31(27)28)30-23-12-6-3-9-19(23)20-10-4-7-13-24(20)30/h1-23H;1-25H;3-17H,1-2H3. The second kappa shape index (κ2) is 25.7. The average Bonchev–Trinajstić information content (AvgIpc) is 1.56. The normalized spacial score (nSPS) is 14.2. The first-order valence-electron chi connectivity index (χ1n) is 39.5. The maximum atomic E-state index is 5.23. The van der Waals surface area contributed by atoms with E-state index in [0.717, 1.165) is 54.4 Å². The van der Waals surface area contributed by atoms with Crippen molar-refractivity contribution in [3.05, 3.63) is 421 Å². The van der Waals surface area contributed by atoms with Crippen LogP contribution < -0.4 is 0 Å². The lowest BCUT2D eigenvalue weighted by Crippen LogP contribution is -2.40. The van der Waals surface area contributed by atoms with Crippen molar-refractivity contribution in [3.8, 4) is 28.2 Å². The van der Waals surface area contributed by atoms with Crippen LogP contribution in [0.15, 0.2) is 412 Å². The Balaban J connectivity index is 0.000000101. The van der Waals surface area contributed by atoms with Crippen LogP contribution in [0.1, 0.15) is 52.8 Å². The van der Waals surface area contributed by atoms with Crippen LogP contribution in [0.3, 0.4) is 0 Å². The molecule has 0 N–H and O–H groups in total. The van der Waals surface area contributed by atoms with Crippen molar-refractivity contribution in [1.29, 1.82) is 0 Å². The highest BCUT2D eigenvalue weighted by Gasteiger charge is 2.52. The van der Waals surface area contributed by atoms with Crippen LogP contribution in [0.4, 0.5) is 0 Å². The second-order valence-corrected chi connectivity index (χ2v) is 33.9. The van der Waals surface area contributed by atoms with Crippen molar-refractivity contribution in [2.75, 3.05) is 0 Å². The lowest BCUT2D eigenvalue weighted by atomic mass is 9.76. The quantitative estimate of drug-likeness (QED) is 0.171. The molecule has 0 unspecified atom stereocenters. The molecular weight excluding hydrogens is 1470 g/mol. The van der Waals surface area contributed by atoms with E-state index >= 15 is 0 Å². The number of hydrogen-bond acceptors (Lipinski definition) is 6. The van der Waals surface area contributed by atoms with Gasteiger partial charge in [-0.3, -0.25) is 9.13 Å². The number of aromatic nitrogens is 9. The molecule has 116 heavy (non-hydrogen) atoms. The van der Waals surface area contributed by atoms with Gasteiger partial charge in [-0.1, -0.05) is 308 Å². The van der Waals surface area contributed by atoms with Crippen LogP contribution in [0, 0.1) is 0 Å².